The number of hydrogen-bond acceptors (Lipinski definition) is 5. The molecule has 1 aromatic carbocycles. The number of amides is 1. The van der Waals surface area contributed by atoms with E-state index >= 15 is 0 Å². The molecule has 2 aromatic heterocycles. The van der Waals surface area contributed by atoms with Crippen molar-refractivity contribution in [3.8, 4) is 5.75 Å². The van der Waals surface area contributed by atoms with E-state index in [1.807, 2.05) is 13.8 Å². The summed E-state index contributed by atoms with van der Waals surface area (Å²) in [7, 11) is 1.57. The summed E-state index contributed by atoms with van der Waals surface area (Å²) < 4.78 is 8.14. The van der Waals surface area contributed by atoms with Gasteiger partial charge in [-0.15, -0.1) is 11.3 Å². The Morgan fingerprint density at radius 3 is 2.48 bits per heavy atom. The van der Waals surface area contributed by atoms with Gasteiger partial charge in [0.05, 0.1) is 12.6 Å². The van der Waals surface area contributed by atoms with Gasteiger partial charge in [0.2, 0.25) is 5.91 Å². The van der Waals surface area contributed by atoms with E-state index in [0.29, 0.717) is 28.2 Å². The fourth-order valence-electron chi connectivity index (χ4n) is 2.83. The largest absolute Gasteiger partial charge is 0.497 e. The van der Waals surface area contributed by atoms with E-state index in [1.165, 1.54) is 20.5 Å². The van der Waals surface area contributed by atoms with Gasteiger partial charge in [-0.1, -0.05) is 13.8 Å². The minimum atomic E-state index is -0.468. The number of rotatable bonds is 6. The first-order chi connectivity index (χ1) is 12.9. The Labute approximate surface area is 159 Å². The molecule has 0 spiro atoms. The van der Waals surface area contributed by atoms with Crippen LogP contribution in [0.15, 0.2) is 45.3 Å². The number of ether oxygens (including phenoxy) is 1. The Hall–Kier alpha value is -2.87. The first-order valence-electron chi connectivity index (χ1n) is 8.55. The number of methoxy groups -OCH3 is 1. The van der Waals surface area contributed by atoms with Crippen molar-refractivity contribution in [1.82, 2.24) is 9.13 Å². The van der Waals surface area contributed by atoms with Crippen LogP contribution in [0.2, 0.25) is 0 Å². The predicted octanol–water partition coefficient (Wildman–Crippen LogP) is 2.53. The Bertz CT molecular complexity index is 1080. The number of thiophene rings is 1. The van der Waals surface area contributed by atoms with Crippen LogP contribution in [0.1, 0.15) is 13.8 Å². The minimum Gasteiger partial charge on any atom is -0.497 e. The molecule has 0 saturated heterocycles. The summed E-state index contributed by atoms with van der Waals surface area (Å²) in [6.45, 7) is 4.01. The van der Waals surface area contributed by atoms with Gasteiger partial charge in [0.25, 0.3) is 5.56 Å². The molecule has 0 atom stereocenters. The summed E-state index contributed by atoms with van der Waals surface area (Å²) in [5, 5.41) is 4.52. The van der Waals surface area contributed by atoms with Crippen LogP contribution >= 0.6 is 11.3 Å². The SMILES string of the molecule is COc1ccc(NC(=O)Cn2c(=O)n(CC(C)C)c(=O)c3sccc32)cc1. The number of fused-ring (bicyclic) bond motifs is 1. The number of nitrogens with zero attached hydrogens (tertiary/aromatic N) is 2. The molecule has 142 valence electrons. The highest BCUT2D eigenvalue weighted by Gasteiger charge is 2.17. The zero-order valence-corrected chi connectivity index (χ0v) is 16.2. The standard InChI is InChI=1S/C19H21N3O4S/c1-12(2)10-22-18(24)17-15(8-9-27-17)21(19(22)25)11-16(23)20-13-4-6-14(26-3)7-5-13/h4-9,12H,10-11H2,1-3H3,(H,20,23). The molecule has 3 aromatic rings. The molecule has 1 amide bonds. The highest BCUT2D eigenvalue weighted by Crippen LogP contribution is 2.17. The third-order valence-corrected chi connectivity index (χ3v) is 4.95. The normalized spacial score (nSPS) is 11.1. The van der Waals surface area contributed by atoms with E-state index in [4.69, 9.17) is 4.74 Å². The van der Waals surface area contributed by atoms with E-state index in [0.717, 1.165) is 0 Å². The van der Waals surface area contributed by atoms with Gasteiger partial charge in [-0.05, 0) is 41.6 Å². The smallest absolute Gasteiger partial charge is 0.332 e. The van der Waals surface area contributed by atoms with Gasteiger partial charge in [-0.3, -0.25) is 18.7 Å². The number of benzene rings is 1. The molecule has 0 aliphatic carbocycles. The zero-order chi connectivity index (χ0) is 19.6. The van der Waals surface area contributed by atoms with Crippen molar-refractivity contribution in [2.45, 2.75) is 26.9 Å². The molecule has 0 radical (unpaired) electrons. The number of carbonyl (C=O) groups is 1. The summed E-state index contributed by atoms with van der Waals surface area (Å²) in [4.78, 5) is 37.9. The topological polar surface area (TPSA) is 82.3 Å². The molecule has 1 N–H and O–H groups in total. The highest BCUT2D eigenvalue weighted by atomic mass is 32.1. The average molecular weight is 387 g/mol. The summed E-state index contributed by atoms with van der Waals surface area (Å²) in [6.07, 6.45) is 0. The maximum Gasteiger partial charge on any atom is 0.332 e. The van der Waals surface area contributed by atoms with Crippen molar-refractivity contribution in [2.24, 2.45) is 5.92 Å². The molecular weight excluding hydrogens is 366 g/mol. The molecule has 0 bridgehead atoms. The van der Waals surface area contributed by atoms with Crippen molar-refractivity contribution in [1.29, 1.82) is 0 Å². The Kier molecular flexibility index (Phi) is 5.46. The van der Waals surface area contributed by atoms with Gasteiger partial charge in [-0.25, -0.2) is 4.79 Å². The number of anilines is 1. The van der Waals surface area contributed by atoms with Crippen LogP contribution in [-0.2, 0) is 17.9 Å². The molecule has 0 unspecified atom stereocenters. The molecule has 8 heteroatoms. The molecule has 27 heavy (non-hydrogen) atoms. The summed E-state index contributed by atoms with van der Waals surface area (Å²) in [5.74, 6) is 0.476. The minimum absolute atomic E-state index is 0.134. The molecule has 7 nitrogen and oxygen atoms in total. The first-order valence-corrected chi connectivity index (χ1v) is 9.43. The second kappa shape index (κ2) is 7.79. The van der Waals surface area contributed by atoms with Gasteiger partial charge in [0.1, 0.15) is 17.0 Å². The highest BCUT2D eigenvalue weighted by molar-refractivity contribution is 7.17. The average Bonchev–Trinajstić information content (AvgIpc) is 3.12. The molecule has 0 aliphatic rings. The predicted molar refractivity (Wildman–Crippen MR) is 107 cm³/mol. The summed E-state index contributed by atoms with van der Waals surface area (Å²) in [5.41, 5.74) is 0.320. The molecular formula is C19H21N3O4S. The maximum absolute atomic E-state index is 12.8. The summed E-state index contributed by atoms with van der Waals surface area (Å²) in [6, 6.07) is 8.62. The third-order valence-electron chi connectivity index (χ3n) is 4.06. The van der Waals surface area contributed by atoms with E-state index in [2.05, 4.69) is 5.32 Å². The van der Waals surface area contributed by atoms with Gasteiger partial charge in [0, 0.05) is 12.2 Å². The van der Waals surface area contributed by atoms with Crippen molar-refractivity contribution >= 4 is 33.1 Å². The van der Waals surface area contributed by atoms with Gasteiger partial charge >= 0.3 is 5.69 Å². The lowest BCUT2D eigenvalue weighted by Crippen LogP contribution is -2.42. The number of hydrogen-bond donors (Lipinski definition) is 1. The van der Waals surface area contributed by atoms with Crippen molar-refractivity contribution in [3.63, 3.8) is 0 Å². The number of aromatic nitrogens is 2. The monoisotopic (exact) mass is 387 g/mol. The third kappa shape index (κ3) is 3.95. The second-order valence-corrected chi connectivity index (χ2v) is 7.51. The fraction of sp³-hybridized carbons (Fsp3) is 0.316. The Balaban J connectivity index is 1.93. The molecule has 2 heterocycles. The van der Waals surface area contributed by atoms with Gasteiger partial charge in [0.15, 0.2) is 0 Å². The van der Waals surface area contributed by atoms with Crippen LogP contribution in [0.3, 0.4) is 0 Å². The first kappa shape index (κ1) is 18.9. The maximum atomic E-state index is 12.8. The van der Waals surface area contributed by atoms with Crippen molar-refractivity contribution < 1.29 is 9.53 Å². The Morgan fingerprint density at radius 2 is 1.85 bits per heavy atom. The van der Waals surface area contributed by atoms with Crippen LogP contribution < -0.4 is 21.3 Å². The van der Waals surface area contributed by atoms with E-state index in [9.17, 15) is 14.4 Å². The quantitative estimate of drug-likeness (QED) is 0.705. The molecule has 0 aliphatic heterocycles. The molecule has 0 fully saturated rings. The second-order valence-electron chi connectivity index (χ2n) is 6.59. The van der Waals surface area contributed by atoms with Crippen molar-refractivity contribution in [2.75, 3.05) is 12.4 Å². The van der Waals surface area contributed by atoms with Crippen LogP contribution in [0.4, 0.5) is 5.69 Å². The fourth-order valence-corrected chi connectivity index (χ4v) is 3.67. The molecule has 3 rings (SSSR count). The Morgan fingerprint density at radius 1 is 1.15 bits per heavy atom. The molecule has 0 saturated carbocycles. The van der Waals surface area contributed by atoms with E-state index in [1.54, 1.807) is 42.8 Å². The van der Waals surface area contributed by atoms with Crippen LogP contribution in [0.25, 0.3) is 10.2 Å². The summed E-state index contributed by atoms with van der Waals surface area (Å²) >= 11 is 1.27. The lowest BCUT2D eigenvalue weighted by atomic mass is 10.2. The van der Waals surface area contributed by atoms with Crippen LogP contribution in [-0.4, -0.2) is 22.2 Å². The van der Waals surface area contributed by atoms with Crippen LogP contribution in [0.5, 0.6) is 5.75 Å². The van der Waals surface area contributed by atoms with E-state index < -0.39 is 5.69 Å². The lowest BCUT2D eigenvalue weighted by Gasteiger charge is -2.13. The van der Waals surface area contributed by atoms with Gasteiger partial charge < -0.3 is 10.1 Å². The van der Waals surface area contributed by atoms with E-state index in [-0.39, 0.29) is 23.9 Å². The van der Waals surface area contributed by atoms with Crippen molar-refractivity contribution in [3.05, 3.63) is 56.5 Å². The number of carbonyl (C=O) groups excluding carboxylic acids is 1. The van der Waals surface area contributed by atoms with Crippen LogP contribution in [0, 0.1) is 5.92 Å². The lowest BCUT2D eigenvalue weighted by molar-refractivity contribution is -0.116. The number of nitrogens with one attached hydrogen (secondary N) is 1. The zero-order valence-electron chi connectivity index (χ0n) is 15.4. The van der Waals surface area contributed by atoms with Gasteiger partial charge in [-0.2, -0.15) is 0 Å².